The zero-order valence-electron chi connectivity index (χ0n) is 10.2. The Kier molecular flexibility index (Phi) is 3.82. The van der Waals surface area contributed by atoms with E-state index in [4.69, 9.17) is 15.4 Å². The van der Waals surface area contributed by atoms with E-state index in [1.165, 1.54) is 6.92 Å². The molecule has 0 aliphatic heterocycles. The molecule has 0 N–H and O–H groups in total. The maximum atomic E-state index is 13.4. The first-order valence-electron chi connectivity index (χ1n) is 5.75. The van der Waals surface area contributed by atoms with E-state index in [1.54, 1.807) is 0 Å². The Labute approximate surface area is 114 Å². The first-order valence-corrected chi connectivity index (χ1v) is 8.06. The number of benzene rings is 1. The largest absolute Gasteiger partial charge is 0.459 e. The summed E-state index contributed by atoms with van der Waals surface area (Å²) in [7, 11) is 1.10. The lowest BCUT2D eigenvalue weighted by Gasteiger charge is -2.25. The highest BCUT2D eigenvalue weighted by molar-refractivity contribution is 8.13. The molecule has 7 heteroatoms. The molecule has 0 bridgehead atoms. The van der Waals surface area contributed by atoms with Gasteiger partial charge in [-0.3, -0.25) is 0 Å². The number of esters is 1. The van der Waals surface area contributed by atoms with Gasteiger partial charge in [-0.2, -0.15) is 0 Å². The Morgan fingerprint density at radius 1 is 1.42 bits per heavy atom. The fourth-order valence-electron chi connectivity index (χ4n) is 1.82. The molecule has 19 heavy (non-hydrogen) atoms. The van der Waals surface area contributed by atoms with Crippen molar-refractivity contribution in [3.63, 3.8) is 0 Å². The van der Waals surface area contributed by atoms with Crippen molar-refractivity contribution >= 4 is 25.7 Å². The van der Waals surface area contributed by atoms with E-state index < -0.39 is 25.7 Å². The molecule has 104 valence electrons. The van der Waals surface area contributed by atoms with Crippen LogP contribution in [0.5, 0.6) is 0 Å². The summed E-state index contributed by atoms with van der Waals surface area (Å²) in [4.78, 5) is 11.5. The van der Waals surface area contributed by atoms with Gasteiger partial charge >= 0.3 is 5.97 Å². The first-order chi connectivity index (χ1) is 8.79. The van der Waals surface area contributed by atoms with Gasteiger partial charge in [0.15, 0.2) is 0 Å². The molecule has 0 unspecified atom stereocenters. The van der Waals surface area contributed by atoms with Crippen molar-refractivity contribution in [3.05, 3.63) is 29.1 Å². The summed E-state index contributed by atoms with van der Waals surface area (Å²) in [6.45, 7) is 1.39. The highest BCUT2D eigenvalue weighted by Gasteiger charge is 2.26. The van der Waals surface area contributed by atoms with Crippen LogP contribution in [0.15, 0.2) is 17.0 Å². The van der Waals surface area contributed by atoms with Gasteiger partial charge < -0.3 is 4.74 Å². The fraction of sp³-hybridized carbons (Fsp3) is 0.417. The third-order valence-electron chi connectivity index (χ3n) is 3.13. The predicted octanol–water partition coefficient (Wildman–Crippen LogP) is 2.77. The molecular formula is C12H12ClFO4S. The van der Waals surface area contributed by atoms with Crippen LogP contribution in [-0.2, 0) is 13.8 Å². The van der Waals surface area contributed by atoms with Crippen molar-refractivity contribution in [1.82, 2.24) is 0 Å². The standard InChI is InChI=1S/C12H12ClFO4S/c1-7-10(12(15)18-9-3-2-4-9)5-8(14)6-11(7)19(13,16)17/h5-6,9H,2-4H2,1H3. The van der Waals surface area contributed by atoms with Crippen molar-refractivity contribution < 1.29 is 22.3 Å². The van der Waals surface area contributed by atoms with E-state index in [1.807, 2.05) is 0 Å². The number of carbonyl (C=O) groups excluding carboxylic acids is 1. The molecule has 1 aromatic carbocycles. The number of rotatable bonds is 3. The van der Waals surface area contributed by atoms with Crippen molar-refractivity contribution in [1.29, 1.82) is 0 Å². The van der Waals surface area contributed by atoms with Crippen LogP contribution in [0.2, 0.25) is 0 Å². The molecule has 0 amide bonds. The maximum absolute atomic E-state index is 13.4. The number of carbonyl (C=O) groups is 1. The molecule has 1 aliphatic rings. The van der Waals surface area contributed by atoms with E-state index in [0.29, 0.717) is 0 Å². The van der Waals surface area contributed by atoms with Gasteiger partial charge in [0.05, 0.1) is 10.5 Å². The summed E-state index contributed by atoms with van der Waals surface area (Å²) >= 11 is 0. The summed E-state index contributed by atoms with van der Waals surface area (Å²) in [5, 5.41) is 0. The summed E-state index contributed by atoms with van der Waals surface area (Å²) in [6, 6.07) is 1.75. The van der Waals surface area contributed by atoms with Gasteiger partial charge in [-0.15, -0.1) is 0 Å². The van der Waals surface area contributed by atoms with Gasteiger partial charge in [0.25, 0.3) is 9.05 Å². The van der Waals surface area contributed by atoms with E-state index >= 15 is 0 Å². The van der Waals surface area contributed by atoms with Gasteiger partial charge in [0.2, 0.25) is 0 Å². The Morgan fingerprint density at radius 2 is 2.05 bits per heavy atom. The topological polar surface area (TPSA) is 60.4 Å². The smallest absolute Gasteiger partial charge is 0.338 e. The number of ether oxygens (including phenoxy) is 1. The quantitative estimate of drug-likeness (QED) is 0.636. The number of halogens is 2. The molecule has 2 rings (SSSR count). The van der Waals surface area contributed by atoms with Crippen molar-refractivity contribution in [3.8, 4) is 0 Å². The predicted molar refractivity (Wildman–Crippen MR) is 67.2 cm³/mol. The Bertz CT molecular complexity index is 623. The van der Waals surface area contributed by atoms with Gasteiger partial charge in [-0.25, -0.2) is 17.6 Å². The van der Waals surface area contributed by atoms with Crippen LogP contribution in [0, 0.1) is 12.7 Å². The molecular weight excluding hydrogens is 295 g/mol. The lowest BCUT2D eigenvalue weighted by molar-refractivity contribution is 0.00885. The van der Waals surface area contributed by atoms with Crippen molar-refractivity contribution in [2.45, 2.75) is 37.2 Å². The van der Waals surface area contributed by atoms with Gasteiger partial charge in [-0.05, 0) is 43.9 Å². The zero-order valence-corrected chi connectivity index (χ0v) is 11.7. The fourth-order valence-corrected chi connectivity index (χ4v) is 3.03. The van der Waals surface area contributed by atoms with E-state index in [0.717, 1.165) is 31.4 Å². The van der Waals surface area contributed by atoms with E-state index in [2.05, 4.69) is 0 Å². The molecule has 0 spiro atoms. The van der Waals surface area contributed by atoms with Crippen LogP contribution < -0.4 is 0 Å². The van der Waals surface area contributed by atoms with E-state index in [9.17, 15) is 17.6 Å². The summed E-state index contributed by atoms with van der Waals surface area (Å²) in [5.41, 5.74) is -0.00755. The van der Waals surface area contributed by atoms with Crippen LogP contribution in [0.3, 0.4) is 0 Å². The molecule has 1 aliphatic carbocycles. The minimum absolute atomic E-state index is 0.0979. The molecule has 0 atom stereocenters. The molecule has 4 nitrogen and oxygen atoms in total. The van der Waals surface area contributed by atoms with Crippen molar-refractivity contribution in [2.24, 2.45) is 0 Å². The minimum atomic E-state index is -4.11. The minimum Gasteiger partial charge on any atom is -0.459 e. The third-order valence-corrected chi connectivity index (χ3v) is 4.58. The van der Waals surface area contributed by atoms with E-state index in [-0.39, 0.29) is 17.2 Å². The lowest BCUT2D eigenvalue weighted by Crippen LogP contribution is -2.25. The highest BCUT2D eigenvalue weighted by atomic mass is 35.7. The molecule has 1 saturated carbocycles. The molecule has 0 radical (unpaired) electrons. The normalized spacial score (nSPS) is 15.9. The second-order valence-electron chi connectivity index (χ2n) is 4.47. The number of hydrogen-bond donors (Lipinski definition) is 0. The summed E-state index contributed by atoms with van der Waals surface area (Å²) < 4.78 is 41.2. The first kappa shape index (κ1) is 14.3. The van der Waals surface area contributed by atoms with Gasteiger partial charge in [0.1, 0.15) is 11.9 Å². The molecule has 0 aromatic heterocycles. The second-order valence-corrected chi connectivity index (χ2v) is 7.01. The van der Waals surface area contributed by atoms with Crippen LogP contribution >= 0.6 is 10.7 Å². The second kappa shape index (κ2) is 5.09. The molecule has 0 saturated heterocycles. The summed E-state index contributed by atoms with van der Waals surface area (Å²) in [5.74, 6) is -1.56. The average Bonchev–Trinajstić information content (AvgIpc) is 2.24. The Balaban J connectivity index is 2.39. The van der Waals surface area contributed by atoms with Crippen LogP contribution in [0.1, 0.15) is 35.2 Å². The average molecular weight is 307 g/mol. The molecule has 1 aromatic rings. The third kappa shape index (κ3) is 3.06. The lowest BCUT2D eigenvalue weighted by atomic mass is 9.96. The zero-order chi connectivity index (χ0) is 14.2. The molecule has 0 heterocycles. The van der Waals surface area contributed by atoms with Crippen LogP contribution in [0.25, 0.3) is 0 Å². The van der Waals surface area contributed by atoms with Crippen LogP contribution in [0.4, 0.5) is 4.39 Å². The van der Waals surface area contributed by atoms with Gasteiger partial charge in [0, 0.05) is 10.7 Å². The van der Waals surface area contributed by atoms with Crippen LogP contribution in [-0.4, -0.2) is 20.5 Å². The SMILES string of the molecule is Cc1c(C(=O)OC2CCC2)cc(F)cc1S(=O)(=O)Cl. The van der Waals surface area contributed by atoms with Gasteiger partial charge in [-0.1, -0.05) is 0 Å². The Hall–Kier alpha value is -1.14. The summed E-state index contributed by atoms with van der Waals surface area (Å²) in [6.07, 6.45) is 2.38. The monoisotopic (exact) mass is 306 g/mol. The Morgan fingerprint density at radius 3 is 2.53 bits per heavy atom. The maximum Gasteiger partial charge on any atom is 0.338 e. The molecule has 1 fully saturated rings. The van der Waals surface area contributed by atoms with Crippen molar-refractivity contribution in [2.75, 3.05) is 0 Å². The highest BCUT2D eigenvalue weighted by Crippen LogP contribution is 2.27. The number of hydrogen-bond acceptors (Lipinski definition) is 4.